The van der Waals surface area contributed by atoms with Crippen LogP contribution in [-0.2, 0) is 17.8 Å². The van der Waals surface area contributed by atoms with Gasteiger partial charge in [-0.25, -0.2) is 9.37 Å². The number of nitrogens with one attached hydrogen (secondary N) is 1. The largest absolute Gasteiger partial charge is 0.389 e. The van der Waals surface area contributed by atoms with Crippen molar-refractivity contribution in [2.24, 2.45) is 12.5 Å². The molecule has 2 aromatic rings. The molecule has 4 rings (SSSR count). The van der Waals surface area contributed by atoms with Gasteiger partial charge in [0.2, 0.25) is 0 Å². The summed E-state index contributed by atoms with van der Waals surface area (Å²) in [6.45, 7) is 0. The molecule has 2 fully saturated rings. The van der Waals surface area contributed by atoms with Crippen LogP contribution in [0.3, 0.4) is 0 Å². The van der Waals surface area contributed by atoms with Gasteiger partial charge in [-0.15, -0.1) is 0 Å². The van der Waals surface area contributed by atoms with E-state index in [1.54, 1.807) is 24.2 Å². The first-order valence-corrected chi connectivity index (χ1v) is 11.5. The number of amides is 1. The summed E-state index contributed by atoms with van der Waals surface area (Å²) in [7, 11) is 0.740. The molecule has 2 aliphatic rings. The third-order valence-electron chi connectivity index (χ3n) is 5.98. The van der Waals surface area contributed by atoms with E-state index in [0.717, 1.165) is 18.5 Å². The zero-order valence-corrected chi connectivity index (χ0v) is 17.8. The number of aliphatic hydroxyl groups is 1. The molecule has 2 saturated carbocycles. The summed E-state index contributed by atoms with van der Waals surface area (Å²) < 4.78 is 26.5. The number of aryl methyl sites for hydroxylation is 1. The van der Waals surface area contributed by atoms with E-state index in [1.807, 2.05) is 0 Å². The van der Waals surface area contributed by atoms with Crippen LogP contribution in [0.4, 0.5) is 10.1 Å². The van der Waals surface area contributed by atoms with E-state index in [0.29, 0.717) is 30.0 Å². The summed E-state index contributed by atoms with van der Waals surface area (Å²) >= 11 is 5.79. The lowest BCUT2D eigenvalue weighted by Gasteiger charge is -2.61. The first kappa shape index (κ1) is 20.5. The van der Waals surface area contributed by atoms with Crippen molar-refractivity contribution in [1.82, 2.24) is 9.55 Å². The van der Waals surface area contributed by atoms with Gasteiger partial charge >= 0.3 is 0 Å². The number of carbonyl (C=O) groups is 1. The molecule has 9 heteroatoms. The summed E-state index contributed by atoms with van der Waals surface area (Å²) in [6.07, 6.45) is 6.23. The van der Waals surface area contributed by atoms with Crippen molar-refractivity contribution in [3.05, 3.63) is 46.8 Å². The van der Waals surface area contributed by atoms with Crippen molar-refractivity contribution < 1.29 is 18.5 Å². The van der Waals surface area contributed by atoms with Crippen LogP contribution in [0, 0.1) is 11.2 Å². The molecular weight excluding hydrogens is 417 g/mol. The number of carbonyl (C=O) groups excluding carboxylic acids is 1. The lowest BCUT2D eigenvalue weighted by Crippen LogP contribution is -2.59. The Labute approximate surface area is 175 Å². The van der Waals surface area contributed by atoms with E-state index in [2.05, 4.69) is 10.3 Å². The zero-order valence-electron chi connectivity index (χ0n) is 16.2. The minimum Gasteiger partial charge on any atom is -0.389 e. The van der Waals surface area contributed by atoms with Crippen molar-refractivity contribution in [2.75, 3.05) is 17.3 Å². The summed E-state index contributed by atoms with van der Waals surface area (Å²) in [5, 5.41) is 13.2. The van der Waals surface area contributed by atoms with Crippen molar-refractivity contribution >= 4 is 34.0 Å². The number of rotatable bonds is 5. The summed E-state index contributed by atoms with van der Waals surface area (Å²) in [4.78, 5) is 17.3. The second kappa shape index (κ2) is 7.18. The van der Waals surface area contributed by atoms with Crippen molar-refractivity contribution in [3.8, 4) is 0 Å². The van der Waals surface area contributed by atoms with Crippen LogP contribution in [0.5, 0.6) is 0 Å². The molecule has 156 valence electrons. The summed E-state index contributed by atoms with van der Waals surface area (Å²) in [5.41, 5.74) is 0.855. The van der Waals surface area contributed by atoms with Gasteiger partial charge in [-0.3, -0.25) is 9.00 Å². The van der Waals surface area contributed by atoms with Gasteiger partial charge < -0.3 is 15.0 Å². The zero-order chi connectivity index (χ0) is 21.0. The highest BCUT2D eigenvalue weighted by Gasteiger charge is 2.60. The Morgan fingerprint density at radius 1 is 1.45 bits per heavy atom. The molecule has 0 aliphatic heterocycles. The van der Waals surface area contributed by atoms with Gasteiger partial charge in [0.25, 0.3) is 5.91 Å². The monoisotopic (exact) mass is 439 g/mol. The van der Waals surface area contributed by atoms with Gasteiger partial charge in [0.1, 0.15) is 11.5 Å². The average molecular weight is 440 g/mol. The summed E-state index contributed by atoms with van der Waals surface area (Å²) in [5.74, 6) is -0.407. The Morgan fingerprint density at radius 2 is 2.14 bits per heavy atom. The van der Waals surface area contributed by atoms with Gasteiger partial charge in [-0.1, -0.05) is 11.6 Å². The minimum atomic E-state index is -1.02. The fourth-order valence-corrected chi connectivity index (χ4v) is 6.22. The van der Waals surface area contributed by atoms with E-state index in [1.165, 1.54) is 18.2 Å². The molecule has 29 heavy (non-hydrogen) atoms. The van der Waals surface area contributed by atoms with Crippen molar-refractivity contribution in [2.45, 2.75) is 37.2 Å². The first-order chi connectivity index (χ1) is 13.6. The number of nitrogens with zero attached hydrogens (tertiary/aromatic N) is 2. The topological polar surface area (TPSA) is 84.2 Å². The smallest absolute Gasteiger partial charge is 0.274 e. The number of hydrogen-bond acceptors (Lipinski definition) is 4. The molecule has 1 heterocycles. The Hall–Kier alpha value is -1.77. The maximum atomic E-state index is 13.3. The Morgan fingerprint density at radius 3 is 2.76 bits per heavy atom. The second-order valence-electron chi connectivity index (χ2n) is 8.57. The number of benzene rings is 1. The SMILES string of the molecule is Cn1cnc(C2CC3(C2)CC(O)(CS(C)=O)C3)c1C(=O)Nc1ccc(F)c(Cl)c1. The maximum absolute atomic E-state index is 13.3. The molecule has 1 amide bonds. The van der Waals surface area contributed by atoms with E-state index < -0.39 is 22.2 Å². The highest BCUT2D eigenvalue weighted by Crippen LogP contribution is 2.65. The number of imidazole rings is 1. The molecule has 2 aliphatic carbocycles. The second-order valence-corrected chi connectivity index (χ2v) is 10.4. The molecule has 2 N–H and O–H groups in total. The molecule has 6 nitrogen and oxygen atoms in total. The van der Waals surface area contributed by atoms with E-state index in [9.17, 15) is 18.5 Å². The van der Waals surface area contributed by atoms with Crippen LogP contribution in [0.1, 0.15) is 47.8 Å². The Balaban J connectivity index is 1.44. The lowest BCUT2D eigenvalue weighted by molar-refractivity contribution is -0.156. The van der Waals surface area contributed by atoms with Crippen LogP contribution in [-0.4, -0.2) is 42.4 Å². The van der Waals surface area contributed by atoms with Gasteiger partial charge in [0, 0.05) is 35.7 Å². The molecule has 1 atom stereocenters. The highest BCUT2D eigenvalue weighted by molar-refractivity contribution is 7.84. The third kappa shape index (κ3) is 3.85. The van der Waals surface area contributed by atoms with Gasteiger partial charge in [-0.05, 0) is 49.3 Å². The third-order valence-corrected chi connectivity index (χ3v) is 7.22. The number of aromatic nitrogens is 2. The predicted octanol–water partition coefficient (Wildman–Crippen LogP) is 3.23. The van der Waals surface area contributed by atoms with Crippen LogP contribution < -0.4 is 5.32 Å². The minimum absolute atomic E-state index is 0.0561. The maximum Gasteiger partial charge on any atom is 0.274 e. The standard InChI is InChI=1S/C20H23ClFN3O3S/c1-25-11-23-16(12-6-19(7-12)8-20(27,9-19)10-29(2)28)17(25)18(26)24-13-3-4-15(22)14(21)5-13/h3-5,11-12,27H,6-10H2,1-2H3,(H,24,26). The highest BCUT2D eigenvalue weighted by atomic mass is 35.5. The van der Waals surface area contributed by atoms with Crippen LogP contribution >= 0.6 is 11.6 Å². The normalized spacial score (nSPS) is 29.2. The number of halogens is 2. The van der Waals surface area contributed by atoms with Crippen molar-refractivity contribution in [1.29, 1.82) is 0 Å². The summed E-state index contributed by atoms with van der Waals surface area (Å²) in [6, 6.07) is 4.04. The number of anilines is 1. The fraction of sp³-hybridized carbons (Fsp3) is 0.500. The van der Waals surface area contributed by atoms with Crippen LogP contribution in [0.25, 0.3) is 0 Å². The predicted molar refractivity (Wildman–Crippen MR) is 110 cm³/mol. The molecule has 1 unspecified atom stereocenters. The average Bonchev–Trinajstić information content (AvgIpc) is 2.94. The first-order valence-electron chi connectivity index (χ1n) is 9.40. The fourth-order valence-electron chi connectivity index (χ4n) is 5.08. The Kier molecular flexibility index (Phi) is 5.07. The Bertz CT molecular complexity index is 995. The molecule has 0 bridgehead atoms. The van der Waals surface area contributed by atoms with E-state index in [4.69, 9.17) is 11.6 Å². The van der Waals surface area contributed by atoms with E-state index in [-0.39, 0.29) is 22.3 Å². The number of hydrogen-bond donors (Lipinski definition) is 2. The molecule has 1 aromatic carbocycles. The molecule has 1 spiro atoms. The van der Waals surface area contributed by atoms with Gasteiger partial charge in [0.05, 0.1) is 28.4 Å². The van der Waals surface area contributed by atoms with Gasteiger partial charge in [-0.2, -0.15) is 0 Å². The molecule has 0 radical (unpaired) electrons. The molecular formula is C20H23ClFN3O3S. The quantitative estimate of drug-likeness (QED) is 0.749. The van der Waals surface area contributed by atoms with Crippen LogP contribution in [0.2, 0.25) is 5.02 Å². The molecule has 0 saturated heterocycles. The van der Waals surface area contributed by atoms with Crippen molar-refractivity contribution in [3.63, 3.8) is 0 Å². The lowest BCUT2D eigenvalue weighted by atomic mass is 9.46. The molecule has 1 aromatic heterocycles. The van der Waals surface area contributed by atoms with Gasteiger partial charge in [0.15, 0.2) is 0 Å². The van der Waals surface area contributed by atoms with Crippen LogP contribution in [0.15, 0.2) is 24.5 Å². The van der Waals surface area contributed by atoms with E-state index >= 15 is 0 Å².